The third kappa shape index (κ3) is 2.39. The number of benzene rings is 2. The summed E-state index contributed by atoms with van der Waals surface area (Å²) in [5.74, 6) is 0.552. The standard InChI is InChI=1S/C14H7Cl3N2/c15-9-6-4-8(5-7-9)14-18-11-3-1-2-10(16)12(11)13(17)19-14/h1-7H. The predicted octanol–water partition coefficient (Wildman–Crippen LogP) is 5.26. The molecule has 94 valence electrons. The van der Waals surface area contributed by atoms with Gasteiger partial charge in [-0.05, 0) is 36.4 Å². The molecule has 5 heteroatoms. The smallest absolute Gasteiger partial charge is 0.161 e. The Morgan fingerprint density at radius 2 is 1.53 bits per heavy atom. The van der Waals surface area contributed by atoms with E-state index in [1.807, 2.05) is 24.3 Å². The van der Waals surface area contributed by atoms with Crippen molar-refractivity contribution in [2.24, 2.45) is 0 Å². The molecular weight excluding hydrogens is 303 g/mol. The molecule has 0 radical (unpaired) electrons. The Morgan fingerprint density at radius 3 is 2.26 bits per heavy atom. The van der Waals surface area contributed by atoms with Gasteiger partial charge in [0.1, 0.15) is 5.15 Å². The molecule has 1 heterocycles. The van der Waals surface area contributed by atoms with Gasteiger partial charge < -0.3 is 0 Å². The lowest BCUT2D eigenvalue weighted by atomic mass is 10.2. The van der Waals surface area contributed by atoms with Crippen LogP contribution in [0.1, 0.15) is 0 Å². The second kappa shape index (κ2) is 4.97. The molecule has 0 N–H and O–H groups in total. The van der Waals surface area contributed by atoms with Gasteiger partial charge in [0.25, 0.3) is 0 Å². The summed E-state index contributed by atoms with van der Waals surface area (Å²) in [6.45, 7) is 0. The number of fused-ring (bicyclic) bond motifs is 1. The van der Waals surface area contributed by atoms with Gasteiger partial charge in [0.05, 0.1) is 15.9 Å². The Bertz CT molecular complexity index is 754. The Balaban J connectivity index is 2.24. The summed E-state index contributed by atoms with van der Waals surface area (Å²) in [4.78, 5) is 8.76. The molecule has 1 aromatic heterocycles. The molecule has 3 aromatic rings. The fourth-order valence-corrected chi connectivity index (χ4v) is 2.54. The highest BCUT2D eigenvalue weighted by Crippen LogP contribution is 2.30. The summed E-state index contributed by atoms with van der Waals surface area (Å²) in [5, 5.41) is 2.23. The molecule has 0 saturated carbocycles. The van der Waals surface area contributed by atoms with Crippen molar-refractivity contribution in [3.63, 3.8) is 0 Å². The van der Waals surface area contributed by atoms with E-state index in [0.29, 0.717) is 26.4 Å². The van der Waals surface area contributed by atoms with Crippen LogP contribution in [0.5, 0.6) is 0 Å². The maximum absolute atomic E-state index is 6.19. The fraction of sp³-hybridized carbons (Fsp3) is 0. The molecule has 0 amide bonds. The lowest BCUT2D eigenvalue weighted by Crippen LogP contribution is -1.92. The first-order chi connectivity index (χ1) is 9.15. The van der Waals surface area contributed by atoms with E-state index in [-0.39, 0.29) is 0 Å². The minimum Gasteiger partial charge on any atom is -0.228 e. The summed E-state index contributed by atoms with van der Waals surface area (Å²) < 4.78 is 0. The molecule has 0 fully saturated rings. The number of hydrogen-bond acceptors (Lipinski definition) is 2. The van der Waals surface area contributed by atoms with Crippen LogP contribution in [0.3, 0.4) is 0 Å². The third-order valence-electron chi connectivity index (χ3n) is 2.73. The van der Waals surface area contributed by atoms with Gasteiger partial charge in [0, 0.05) is 10.6 Å². The van der Waals surface area contributed by atoms with Crippen LogP contribution >= 0.6 is 34.8 Å². The van der Waals surface area contributed by atoms with Crippen LogP contribution in [0, 0.1) is 0 Å². The van der Waals surface area contributed by atoms with Crippen LogP contribution in [0.15, 0.2) is 42.5 Å². The van der Waals surface area contributed by atoms with Crippen LogP contribution in [0.2, 0.25) is 15.2 Å². The number of nitrogens with zero attached hydrogens (tertiary/aromatic N) is 2. The highest BCUT2D eigenvalue weighted by molar-refractivity contribution is 6.41. The molecule has 2 aromatic carbocycles. The first kappa shape index (κ1) is 12.7. The zero-order valence-electron chi connectivity index (χ0n) is 9.57. The van der Waals surface area contributed by atoms with Crippen LogP contribution < -0.4 is 0 Å². The maximum atomic E-state index is 6.19. The van der Waals surface area contributed by atoms with Gasteiger partial charge in [-0.3, -0.25) is 0 Å². The van der Waals surface area contributed by atoms with Gasteiger partial charge in [0.15, 0.2) is 5.82 Å². The van der Waals surface area contributed by atoms with E-state index in [4.69, 9.17) is 34.8 Å². The van der Waals surface area contributed by atoms with Crippen molar-refractivity contribution in [2.75, 3.05) is 0 Å². The van der Waals surface area contributed by atoms with Crippen molar-refractivity contribution in [3.8, 4) is 11.4 Å². The monoisotopic (exact) mass is 308 g/mol. The largest absolute Gasteiger partial charge is 0.228 e. The van der Waals surface area contributed by atoms with Crippen LogP contribution in [0.25, 0.3) is 22.3 Å². The highest BCUT2D eigenvalue weighted by Gasteiger charge is 2.10. The van der Waals surface area contributed by atoms with E-state index in [2.05, 4.69) is 9.97 Å². The molecule has 0 aliphatic heterocycles. The second-order valence-electron chi connectivity index (χ2n) is 3.98. The second-order valence-corrected chi connectivity index (χ2v) is 5.18. The highest BCUT2D eigenvalue weighted by atomic mass is 35.5. The Morgan fingerprint density at radius 1 is 0.789 bits per heavy atom. The van der Waals surface area contributed by atoms with E-state index < -0.39 is 0 Å². The molecule has 19 heavy (non-hydrogen) atoms. The lowest BCUT2D eigenvalue weighted by Gasteiger charge is -2.06. The lowest BCUT2D eigenvalue weighted by molar-refractivity contribution is 1.23. The molecule has 2 nitrogen and oxygen atoms in total. The minimum atomic E-state index is 0.348. The van der Waals surface area contributed by atoms with Crippen molar-refractivity contribution in [1.29, 1.82) is 0 Å². The number of rotatable bonds is 1. The van der Waals surface area contributed by atoms with Crippen molar-refractivity contribution in [1.82, 2.24) is 9.97 Å². The zero-order chi connectivity index (χ0) is 13.4. The van der Waals surface area contributed by atoms with E-state index >= 15 is 0 Å². The van der Waals surface area contributed by atoms with Gasteiger partial charge >= 0.3 is 0 Å². The number of hydrogen-bond donors (Lipinski definition) is 0. The first-order valence-electron chi connectivity index (χ1n) is 5.53. The molecule has 0 spiro atoms. The van der Waals surface area contributed by atoms with Crippen LogP contribution in [-0.4, -0.2) is 9.97 Å². The van der Waals surface area contributed by atoms with Gasteiger partial charge in [-0.1, -0.05) is 40.9 Å². The summed E-state index contributed by atoms with van der Waals surface area (Å²) in [5.41, 5.74) is 1.57. The molecule has 0 atom stereocenters. The van der Waals surface area contributed by atoms with E-state index in [1.165, 1.54) is 0 Å². The summed E-state index contributed by atoms with van der Waals surface area (Å²) in [6.07, 6.45) is 0. The number of halogens is 3. The van der Waals surface area contributed by atoms with E-state index in [0.717, 1.165) is 11.1 Å². The third-order valence-corrected chi connectivity index (χ3v) is 3.57. The average Bonchev–Trinajstić information content (AvgIpc) is 2.39. The minimum absolute atomic E-state index is 0.348. The summed E-state index contributed by atoms with van der Waals surface area (Å²) in [7, 11) is 0. The topological polar surface area (TPSA) is 25.8 Å². The van der Waals surface area contributed by atoms with Crippen LogP contribution in [-0.2, 0) is 0 Å². The molecule has 0 aliphatic carbocycles. The SMILES string of the molecule is Clc1ccc(-c2nc(Cl)c3c(Cl)cccc3n2)cc1. The first-order valence-corrected chi connectivity index (χ1v) is 6.66. The van der Waals surface area contributed by atoms with Crippen molar-refractivity contribution in [2.45, 2.75) is 0 Å². The van der Waals surface area contributed by atoms with Crippen LogP contribution in [0.4, 0.5) is 0 Å². The van der Waals surface area contributed by atoms with Crippen molar-refractivity contribution < 1.29 is 0 Å². The molecule has 3 rings (SSSR count). The van der Waals surface area contributed by atoms with Gasteiger partial charge in [-0.25, -0.2) is 9.97 Å². The van der Waals surface area contributed by atoms with Crippen molar-refractivity contribution >= 4 is 45.7 Å². The number of aromatic nitrogens is 2. The maximum Gasteiger partial charge on any atom is 0.161 e. The fourth-order valence-electron chi connectivity index (χ4n) is 1.83. The molecular formula is C14H7Cl3N2. The molecule has 0 aliphatic rings. The van der Waals surface area contributed by atoms with Crippen molar-refractivity contribution in [3.05, 3.63) is 57.7 Å². The average molecular weight is 310 g/mol. The Kier molecular flexibility index (Phi) is 3.31. The summed E-state index contributed by atoms with van der Waals surface area (Å²) >= 11 is 18.1. The normalized spacial score (nSPS) is 10.9. The predicted molar refractivity (Wildman–Crippen MR) is 80.0 cm³/mol. The van der Waals surface area contributed by atoms with E-state index in [9.17, 15) is 0 Å². The summed E-state index contributed by atoms with van der Waals surface area (Å²) in [6, 6.07) is 12.7. The van der Waals surface area contributed by atoms with Gasteiger partial charge in [-0.15, -0.1) is 0 Å². The molecule has 0 unspecified atom stereocenters. The quantitative estimate of drug-likeness (QED) is 0.573. The van der Waals surface area contributed by atoms with Gasteiger partial charge in [-0.2, -0.15) is 0 Å². The molecule has 0 bridgehead atoms. The Hall–Kier alpha value is -1.35. The van der Waals surface area contributed by atoms with E-state index in [1.54, 1.807) is 18.2 Å². The van der Waals surface area contributed by atoms with Gasteiger partial charge in [0.2, 0.25) is 0 Å². The zero-order valence-corrected chi connectivity index (χ0v) is 11.8. The molecule has 0 saturated heterocycles. The Labute approximate surface area is 125 Å².